The molecule has 0 bridgehead atoms. The summed E-state index contributed by atoms with van der Waals surface area (Å²) in [7, 11) is 0. The number of nitrogens with one attached hydrogen (secondary N) is 1. The molecule has 0 spiro atoms. The molecule has 2 aromatic rings. The lowest BCUT2D eigenvalue weighted by Crippen LogP contribution is -2.06. The van der Waals surface area contributed by atoms with E-state index in [1.807, 2.05) is 0 Å². The highest BCUT2D eigenvalue weighted by atomic mass is 35.5. The van der Waals surface area contributed by atoms with Crippen molar-refractivity contribution in [3.63, 3.8) is 0 Å². The number of pyridine rings is 1. The van der Waals surface area contributed by atoms with E-state index >= 15 is 0 Å². The molecule has 2 heterocycles. The number of halogens is 4. The van der Waals surface area contributed by atoms with Gasteiger partial charge in [0.25, 0.3) is 0 Å². The van der Waals surface area contributed by atoms with Crippen LogP contribution in [-0.2, 0) is 6.18 Å². The summed E-state index contributed by atoms with van der Waals surface area (Å²) in [6, 6.07) is 1.39. The van der Waals surface area contributed by atoms with Gasteiger partial charge < -0.3 is 4.98 Å². The van der Waals surface area contributed by atoms with E-state index in [0.717, 1.165) is 0 Å². The van der Waals surface area contributed by atoms with Gasteiger partial charge in [0.05, 0.1) is 5.02 Å². The fourth-order valence-electron chi connectivity index (χ4n) is 1.01. The Morgan fingerprint density at radius 3 is 2.64 bits per heavy atom. The maximum atomic E-state index is 12.2. The minimum Gasteiger partial charge on any atom is -0.332 e. The molecule has 0 unspecified atom stereocenters. The zero-order valence-electron chi connectivity index (χ0n) is 6.56. The van der Waals surface area contributed by atoms with E-state index in [1.165, 1.54) is 12.3 Å². The molecule has 0 amide bonds. The van der Waals surface area contributed by atoms with Crippen molar-refractivity contribution in [3.05, 3.63) is 23.1 Å². The molecule has 2 aromatic heterocycles. The van der Waals surface area contributed by atoms with E-state index in [4.69, 9.17) is 11.6 Å². The molecule has 0 aromatic carbocycles. The van der Waals surface area contributed by atoms with Crippen LogP contribution in [0.4, 0.5) is 13.2 Å². The molecule has 7 heteroatoms. The summed E-state index contributed by atoms with van der Waals surface area (Å²) in [6.45, 7) is 0. The Balaban J connectivity index is 2.69. The van der Waals surface area contributed by atoms with Crippen LogP contribution in [0.15, 0.2) is 12.3 Å². The average Bonchev–Trinajstić information content (AvgIpc) is 2.48. The lowest BCUT2D eigenvalue weighted by Gasteiger charge is -1.98. The molecule has 0 aliphatic heterocycles. The van der Waals surface area contributed by atoms with Gasteiger partial charge in [0, 0.05) is 6.20 Å². The van der Waals surface area contributed by atoms with Crippen molar-refractivity contribution in [2.45, 2.75) is 6.18 Å². The molecule has 14 heavy (non-hydrogen) atoms. The summed E-state index contributed by atoms with van der Waals surface area (Å²) < 4.78 is 36.6. The summed E-state index contributed by atoms with van der Waals surface area (Å²) in [5.41, 5.74) is 0.0614. The number of nitrogens with zero attached hydrogens (tertiary/aromatic N) is 2. The zero-order chi connectivity index (χ0) is 10.3. The number of aromatic amines is 1. The summed E-state index contributed by atoms with van der Waals surface area (Å²) in [5, 5.41) is 0.165. The Morgan fingerprint density at radius 1 is 1.36 bits per heavy atom. The number of aromatic nitrogens is 3. The number of rotatable bonds is 0. The van der Waals surface area contributed by atoms with E-state index in [0.29, 0.717) is 0 Å². The van der Waals surface area contributed by atoms with Gasteiger partial charge in [-0.05, 0) is 6.07 Å². The molecule has 2 rings (SSSR count). The fraction of sp³-hybridized carbons (Fsp3) is 0.143. The summed E-state index contributed by atoms with van der Waals surface area (Å²) in [5.74, 6) is -1.09. The smallest absolute Gasteiger partial charge is 0.332 e. The predicted molar refractivity (Wildman–Crippen MR) is 43.9 cm³/mol. The van der Waals surface area contributed by atoms with Crippen LogP contribution in [0.5, 0.6) is 0 Å². The van der Waals surface area contributed by atoms with Crippen LogP contribution in [0.3, 0.4) is 0 Å². The third-order valence-electron chi connectivity index (χ3n) is 1.61. The number of H-pyrrole nitrogens is 1. The van der Waals surface area contributed by atoms with Crippen molar-refractivity contribution in [3.8, 4) is 0 Å². The maximum absolute atomic E-state index is 12.2. The summed E-state index contributed by atoms with van der Waals surface area (Å²) in [6.07, 6.45) is -3.21. The van der Waals surface area contributed by atoms with E-state index < -0.39 is 12.0 Å². The van der Waals surface area contributed by atoms with Crippen LogP contribution in [-0.4, -0.2) is 15.0 Å². The molecule has 1 N–H and O–H groups in total. The quantitative estimate of drug-likeness (QED) is 0.743. The first kappa shape index (κ1) is 9.26. The largest absolute Gasteiger partial charge is 0.449 e. The van der Waals surface area contributed by atoms with E-state index in [1.54, 1.807) is 0 Å². The number of alkyl halides is 3. The second-order valence-electron chi connectivity index (χ2n) is 2.57. The van der Waals surface area contributed by atoms with Gasteiger partial charge in [-0.2, -0.15) is 13.2 Å². The van der Waals surface area contributed by atoms with Gasteiger partial charge in [0.2, 0.25) is 5.82 Å². The number of imidazole rings is 1. The Kier molecular flexibility index (Phi) is 1.88. The highest BCUT2D eigenvalue weighted by Gasteiger charge is 2.35. The van der Waals surface area contributed by atoms with Crippen LogP contribution >= 0.6 is 11.6 Å². The molecular weight excluding hydrogens is 219 g/mol. The molecule has 0 atom stereocenters. The predicted octanol–water partition coefficient (Wildman–Crippen LogP) is 2.63. The average molecular weight is 222 g/mol. The topological polar surface area (TPSA) is 41.6 Å². The first-order valence-electron chi connectivity index (χ1n) is 3.56. The van der Waals surface area contributed by atoms with Crippen LogP contribution in [0.2, 0.25) is 5.02 Å². The number of hydrogen-bond acceptors (Lipinski definition) is 2. The van der Waals surface area contributed by atoms with Gasteiger partial charge in [-0.15, -0.1) is 0 Å². The van der Waals surface area contributed by atoms with Crippen molar-refractivity contribution in [1.29, 1.82) is 0 Å². The van der Waals surface area contributed by atoms with E-state index in [9.17, 15) is 13.2 Å². The van der Waals surface area contributed by atoms with Gasteiger partial charge in [-0.1, -0.05) is 11.6 Å². The molecule has 0 aliphatic rings. The Bertz CT molecular complexity index is 476. The number of fused-ring (bicyclic) bond motifs is 1. The molecular formula is C7H3ClF3N3. The second kappa shape index (κ2) is 2.84. The van der Waals surface area contributed by atoms with Gasteiger partial charge >= 0.3 is 6.18 Å². The van der Waals surface area contributed by atoms with E-state index in [2.05, 4.69) is 15.0 Å². The first-order valence-corrected chi connectivity index (χ1v) is 3.93. The summed E-state index contributed by atoms with van der Waals surface area (Å²) in [4.78, 5) is 8.99. The Labute approximate surface area is 80.9 Å². The molecule has 0 saturated carbocycles. The fourth-order valence-corrected chi connectivity index (χ4v) is 1.20. The third kappa shape index (κ3) is 1.41. The van der Waals surface area contributed by atoms with Gasteiger partial charge in [-0.25, -0.2) is 9.97 Å². The second-order valence-corrected chi connectivity index (χ2v) is 2.98. The van der Waals surface area contributed by atoms with Crippen molar-refractivity contribution < 1.29 is 13.2 Å². The molecule has 0 fully saturated rings. The van der Waals surface area contributed by atoms with Crippen molar-refractivity contribution in [1.82, 2.24) is 15.0 Å². The standard InChI is InChI=1S/C7H3ClF3N3/c8-3-1-2-12-5-4(3)13-6(14-5)7(9,10)11/h1-2H,(H,12,13,14). The first-order chi connectivity index (χ1) is 6.48. The number of hydrogen-bond donors (Lipinski definition) is 1. The normalized spacial score (nSPS) is 12.3. The molecule has 0 radical (unpaired) electrons. The van der Waals surface area contributed by atoms with Crippen LogP contribution < -0.4 is 0 Å². The Hall–Kier alpha value is -1.30. The lowest BCUT2D eigenvalue weighted by atomic mass is 10.4. The Morgan fingerprint density at radius 2 is 2.07 bits per heavy atom. The van der Waals surface area contributed by atoms with Gasteiger partial charge in [0.15, 0.2) is 5.65 Å². The maximum Gasteiger partial charge on any atom is 0.449 e. The SMILES string of the molecule is FC(F)(F)c1nc2nccc(Cl)c2[nH]1. The molecule has 74 valence electrons. The monoisotopic (exact) mass is 221 g/mol. The molecule has 3 nitrogen and oxygen atoms in total. The zero-order valence-corrected chi connectivity index (χ0v) is 7.32. The van der Waals surface area contributed by atoms with Crippen LogP contribution in [0, 0.1) is 0 Å². The van der Waals surface area contributed by atoms with Crippen LogP contribution in [0.1, 0.15) is 5.82 Å². The van der Waals surface area contributed by atoms with Gasteiger partial charge in [-0.3, -0.25) is 0 Å². The highest BCUT2D eigenvalue weighted by Crippen LogP contribution is 2.29. The minimum atomic E-state index is -4.51. The van der Waals surface area contributed by atoms with E-state index in [-0.39, 0.29) is 16.2 Å². The molecule has 0 aliphatic carbocycles. The molecule has 0 saturated heterocycles. The van der Waals surface area contributed by atoms with Crippen LogP contribution in [0.25, 0.3) is 11.2 Å². The highest BCUT2D eigenvalue weighted by molar-refractivity contribution is 6.34. The van der Waals surface area contributed by atoms with Gasteiger partial charge in [0.1, 0.15) is 5.52 Å². The minimum absolute atomic E-state index is 0.0372. The van der Waals surface area contributed by atoms with Crippen molar-refractivity contribution in [2.75, 3.05) is 0 Å². The lowest BCUT2D eigenvalue weighted by molar-refractivity contribution is -0.144. The van der Waals surface area contributed by atoms with Crippen molar-refractivity contribution >= 4 is 22.8 Å². The third-order valence-corrected chi connectivity index (χ3v) is 1.92. The summed E-state index contributed by atoms with van der Waals surface area (Å²) >= 11 is 5.64. The van der Waals surface area contributed by atoms with Crippen molar-refractivity contribution in [2.24, 2.45) is 0 Å².